The SMILES string of the molecule is CCC[n+]1c(N)cc(N)nc1SCC1=C(C(=O)O)N2C(=O)C(NC(=O)/C(=N\OC(C)(C)C(=O)O)c3nsc(N)n3)[C@@H]2SC1. The second-order valence-corrected chi connectivity index (χ2v) is 12.6. The second kappa shape index (κ2) is 12.6. The standard InChI is InChI=1S/C23H28N10O7S3/c1-4-5-32-11(25)6-10(24)27-22(32)42-8-9-7-41-18-13(17(35)33(18)14(9)19(36)37)28-16(34)12(15-29-21(26)43-31-15)30-40-23(2,3)20(38)39/h6,13,18H,4-5,7-8H2,1-3H3,(H8,24,25,26,28,29,31,34,36,37,38,39)/p+1/b30-12-/t13?,18-/m0/s1. The lowest BCUT2D eigenvalue weighted by Gasteiger charge is -2.49. The molecule has 4 rings (SSSR count). The van der Waals surface area contributed by atoms with Gasteiger partial charge in [0.25, 0.3) is 11.8 Å². The number of nitrogen functional groups attached to an aromatic ring is 3. The van der Waals surface area contributed by atoms with Crippen molar-refractivity contribution in [3.05, 3.63) is 23.2 Å². The maximum Gasteiger partial charge on any atom is 0.352 e. The van der Waals surface area contributed by atoms with Crippen molar-refractivity contribution in [2.45, 2.75) is 55.9 Å². The summed E-state index contributed by atoms with van der Waals surface area (Å²) < 4.78 is 5.71. The number of hydrogen-bond donors (Lipinski definition) is 6. The minimum Gasteiger partial charge on any atom is -0.478 e. The van der Waals surface area contributed by atoms with Gasteiger partial charge in [0.15, 0.2) is 5.13 Å². The fraction of sp³-hybridized carbons (Fsp3) is 0.435. The first-order chi connectivity index (χ1) is 20.2. The number of nitrogens with one attached hydrogen (secondary N) is 1. The van der Waals surface area contributed by atoms with Crippen LogP contribution in [0, 0.1) is 0 Å². The molecule has 0 spiro atoms. The number of fused-ring (bicyclic) bond motifs is 1. The predicted molar refractivity (Wildman–Crippen MR) is 158 cm³/mol. The average molecular weight is 654 g/mol. The first kappa shape index (κ1) is 31.8. The lowest BCUT2D eigenvalue weighted by molar-refractivity contribution is -0.723. The lowest BCUT2D eigenvalue weighted by Crippen LogP contribution is -2.71. The highest BCUT2D eigenvalue weighted by molar-refractivity contribution is 8.01. The van der Waals surface area contributed by atoms with E-state index < -0.39 is 46.5 Å². The topological polar surface area (TPSA) is 266 Å². The molecule has 9 N–H and O–H groups in total. The van der Waals surface area contributed by atoms with Crippen LogP contribution in [0.1, 0.15) is 33.0 Å². The average Bonchev–Trinajstić information content (AvgIpc) is 3.36. The number of amides is 2. The number of hydrogen-bond acceptors (Lipinski definition) is 15. The van der Waals surface area contributed by atoms with Crippen molar-refractivity contribution < 1.29 is 38.8 Å². The van der Waals surface area contributed by atoms with Gasteiger partial charge in [-0.15, -0.1) is 11.8 Å². The van der Waals surface area contributed by atoms with E-state index in [1.54, 1.807) is 10.6 Å². The summed E-state index contributed by atoms with van der Waals surface area (Å²) in [4.78, 5) is 64.6. The number of nitrogens with two attached hydrogens (primary N) is 3. The molecule has 43 heavy (non-hydrogen) atoms. The highest BCUT2D eigenvalue weighted by Crippen LogP contribution is 2.41. The number of carboxylic acids is 2. The molecule has 0 radical (unpaired) electrons. The summed E-state index contributed by atoms with van der Waals surface area (Å²) in [6.45, 7) is 5.01. The van der Waals surface area contributed by atoms with Crippen molar-refractivity contribution in [3.63, 3.8) is 0 Å². The third-order valence-corrected chi connectivity index (χ3v) is 9.12. The molecule has 0 saturated carbocycles. The van der Waals surface area contributed by atoms with Crippen molar-refractivity contribution in [1.29, 1.82) is 0 Å². The summed E-state index contributed by atoms with van der Waals surface area (Å²) in [5.41, 5.74) is 15.6. The number of anilines is 3. The summed E-state index contributed by atoms with van der Waals surface area (Å²) in [6, 6.07) is 0.432. The van der Waals surface area contributed by atoms with Gasteiger partial charge in [0, 0.05) is 23.0 Å². The molecule has 230 valence electrons. The highest BCUT2D eigenvalue weighted by atomic mass is 32.2. The third-order valence-electron chi connectivity index (χ3n) is 6.17. The molecule has 17 nitrogen and oxygen atoms in total. The number of thioether (sulfide) groups is 2. The zero-order valence-electron chi connectivity index (χ0n) is 23.1. The highest BCUT2D eigenvalue weighted by Gasteiger charge is 2.54. The molecule has 20 heteroatoms. The van der Waals surface area contributed by atoms with Crippen LogP contribution < -0.4 is 27.1 Å². The number of aliphatic carboxylic acids is 2. The summed E-state index contributed by atoms with van der Waals surface area (Å²) >= 11 is 3.29. The van der Waals surface area contributed by atoms with Gasteiger partial charge in [0.05, 0.1) is 12.6 Å². The van der Waals surface area contributed by atoms with Crippen molar-refractivity contribution in [2.75, 3.05) is 28.7 Å². The summed E-state index contributed by atoms with van der Waals surface area (Å²) in [5.74, 6) is -3.37. The van der Waals surface area contributed by atoms with Gasteiger partial charge in [-0.3, -0.25) is 14.5 Å². The molecule has 2 aromatic rings. The van der Waals surface area contributed by atoms with Crippen LogP contribution in [0.2, 0.25) is 0 Å². The van der Waals surface area contributed by atoms with E-state index in [9.17, 15) is 29.4 Å². The van der Waals surface area contributed by atoms with Gasteiger partial charge in [0.1, 0.15) is 17.1 Å². The van der Waals surface area contributed by atoms with Gasteiger partial charge in [0.2, 0.25) is 28.8 Å². The molecular formula is C23H29N10O7S3+. The van der Waals surface area contributed by atoms with Crippen LogP contribution in [0.4, 0.5) is 16.8 Å². The van der Waals surface area contributed by atoms with Crippen LogP contribution in [0.15, 0.2) is 27.6 Å². The first-order valence-electron chi connectivity index (χ1n) is 12.6. The van der Waals surface area contributed by atoms with Gasteiger partial charge in [-0.05, 0) is 37.6 Å². The zero-order chi connectivity index (χ0) is 31.6. The Morgan fingerprint density at radius 1 is 1.28 bits per heavy atom. The van der Waals surface area contributed by atoms with Crippen LogP contribution in [0.5, 0.6) is 0 Å². The van der Waals surface area contributed by atoms with Gasteiger partial charge >= 0.3 is 17.1 Å². The molecule has 4 heterocycles. The molecule has 1 unspecified atom stereocenters. The fourth-order valence-electron chi connectivity index (χ4n) is 3.97. The Morgan fingerprint density at radius 2 is 2.00 bits per heavy atom. The van der Waals surface area contributed by atoms with Gasteiger partial charge < -0.3 is 37.6 Å². The van der Waals surface area contributed by atoms with Crippen LogP contribution in [0.3, 0.4) is 0 Å². The van der Waals surface area contributed by atoms with E-state index in [-0.39, 0.29) is 34.0 Å². The Bertz CT molecular complexity index is 1540. The minimum atomic E-state index is -1.80. The molecule has 2 amide bonds. The number of nitrogens with zero attached hydrogens (tertiary/aromatic N) is 6. The van der Waals surface area contributed by atoms with Crippen molar-refractivity contribution >= 4 is 81.3 Å². The van der Waals surface area contributed by atoms with E-state index in [4.69, 9.17) is 22.0 Å². The minimum absolute atomic E-state index is 0.0136. The van der Waals surface area contributed by atoms with E-state index in [1.807, 2.05) is 6.92 Å². The molecule has 1 saturated heterocycles. The monoisotopic (exact) mass is 653 g/mol. The van der Waals surface area contributed by atoms with Crippen molar-refractivity contribution in [2.24, 2.45) is 5.16 Å². The van der Waals surface area contributed by atoms with Crippen molar-refractivity contribution in [3.8, 4) is 0 Å². The van der Waals surface area contributed by atoms with Gasteiger partial charge in [-0.1, -0.05) is 17.1 Å². The van der Waals surface area contributed by atoms with Crippen LogP contribution in [-0.2, 0) is 30.6 Å². The first-order valence-corrected chi connectivity index (χ1v) is 15.4. The number of carbonyl (C=O) groups excluding carboxylic acids is 2. The normalized spacial score (nSPS) is 18.6. The van der Waals surface area contributed by atoms with Gasteiger partial charge in [-0.25, -0.2) is 14.2 Å². The molecule has 0 aliphatic carbocycles. The molecule has 2 aliphatic heterocycles. The van der Waals surface area contributed by atoms with E-state index in [0.717, 1.165) is 22.9 Å². The Morgan fingerprint density at radius 3 is 2.60 bits per heavy atom. The smallest absolute Gasteiger partial charge is 0.352 e. The Labute approximate surface area is 257 Å². The summed E-state index contributed by atoms with van der Waals surface area (Å²) in [6.07, 6.45) is 0.784. The van der Waals surface area contributed by atoms with E-state index >= 15 is 0 Å². The molecule has 2 aromatic heterocycles. The molecule has 2 atom stereocenters. The van der Waals surface area contributed by atoms with Crippen molar-refractivity contribution in [1.82, 2.24) is 24.6 Å². The molecule has 1 fully saturated rings. The molecule has 0 bridgehead atoms. The van der Waals surface area contributed by atoms with Crippen LogP contribution in [-0.4, -0.2) is 87.4 Å². The second-order valence-electron chi connectivity index (χ2n) is 9.75. The summed E-state index contributed by atoms with van der Waals surface area (Å²) in [7, 11) is 0. The number of carbonyl (C=O) groups is 4. The quantitative estimate of drug-likeness (QED) is 0.0421. The molecule has 0 aromatic carbocycles. The third kappa shape index (κ3) is 6.59. The number of oxime groups is 1. The number of rotatable bonds is 12. The molecule has 2 aliphatic rings. The maximum absolute atomic E-state index is 13.2. The van der Waals surface area contributed by atoms with E-state index in [1.165, 1.54) is 37.4 Å². The van der Waals surface area contributed by atoms with Crippen LogP contribution in [0.25, 0.3) is 0 Å². The maximum atomic E-state index is 13.2. The van der Waals surface area contributed by atoms with E-state index in [0.29, 0.717) is 23.1 Å². The number of aromatic nitrogens is 4. The van der Waals surface area contributed by atoms with Crippen LogP contribution >= 0.6 is 35.1 Å². The largest absolute Gasteiger partial charge is 0.478 e. The lowest BCUT2D eigenvalue weighted by atomic mass is 10.0. The predicted octanol–water partition coefficient (Wildman–Crippen LogP) is -0.508. The number of carboxylic acid groups (broad SMARTS) is 2. The Balaban J connectivity index is 1.54. The zero-order valence-corrected chi connectivity index (χ0v) is 25.6. The summed E-state index contributed by atoms with van der Waals surface area (Å²) in [5, 5.41) is 25.3. The van der Waals surface area contributed by atoms with E-state index in [2.05, 4.69) is 24.8 Å². The fourth-order valence-corrected chi connectivity index (χ4v) is 6.95. The Hall–Kier alpha value is -4.17. The number of β-lactam (4-membered cyclic amide) rings is 1. The van der Waals surface area contributed by atoms with Gasteiger partial charge in [-0.2, -0.15) is 9.36 Å². The molecular weight excluding hydrogens is 625 g/mol. The Kier molecular flexibility index (Phi) is 9.30.